The van der Waals surface area contributed by atoms with Gasteiger partial charge in [-0.15, -0.1) is 11.3 Å². The molecule has 2 N–H and O–H groups in total. The van der Waals surface area contributed by atoms with Crippen LogP contribution in [0.4, 0.5) is 10.5 Å². The van der Waals surface area contributed by atoms with Crippen molar-refractivity contribution in [2.75, 3.05) is 5.32 Å². The minimum absolute atomic E-state index is 0.453. The van der Waals surface area contributed by atoms with Crippen molar-refractivity contribution in [2.24, 2.45) is 0 Å². The second kappa shape index (κ2) is 10.2. The second-order valence-corrected chi connectivity index (χ2v) is 11.2. The Hall–Kier alpha value is -3.32. The molecule has 5 nitrogen and oxygen atoms in total. The van der Waals surface area contributed by atoms with E-state index in [1.807, 2.05) is 60.7 Å². The fourth-order valence-corrected chi connectivity index (χ4v) is 5.63. The molecule has 0 unspecified atom stereocenters. The highest BCUT2D eigenvalue weighted by molar-refractivity contribution is 7.20. The Kier molecular flexibility index (Phi) is 6.99. The van der Waals surface area contributed by atoms with Gasteiger partial charge in [-0.1, -0.05) is 83.9 Å². The summed E-state index contributed by atoms with van der Waals surface area (Å²) in [5.74, 6) is -0.757. The highest BCUT2D eigenvalue weighted by atomic mass is 35.5. The minimum Gasteiger partial charge on any atom is -0.481 e. The van der Waals surface area contributed by atoms with Crippen LogP contribution >= 0.6 is 34.5 Å². The van der Waals surface area contributed by atoms with E-state index in [2.05, 4.69) is 5.32 Å². The van der Waals surface area contributed by atoms with Crippen LogP contribution in [-0.2, 0) is 14.9 Å². The molecule has 8 heteroatoms. The van der Waals surface area contributed by atoms with Crippen LogP contribution in [0.5, 0.6) is 0 Å². The van der Waals surface area contributed by atoms with Gasteiger partial charge in [0.2, 0.25) is 0 Å². The summed E-state index contributed by atoms with van der Waals surface area (Å²) in [5, 5.41) is 12.9. The van der Waals surface area contributed by atoms with Gasteiger partial charge < -0.3 is 9.84 Å². The fourth-order valence-electron chi connectivity index (χ4n) is 4.32. The molecule has 1 heterocycles. The summed E-state index contributed by atoms with van der Waals surface area (Å²) in [6, 6.07) is 24.5. The number of nitrogens with one attached hydrogen (secondary N) is 1. The smallest absolute Gasteiger partial charge is 0.412 e. The normalized spacial score (nSPS) is 14.6. The van der Waals surface area contributed by atoms with E-state index in [9.17, 15) is 14.7 Å². The third-order valence-corrected chi connectivity index (χ3v) is 8.20. The van der Waals surface area contributed by atoms with Crippen LogP contribution < -0.4 is 5.32 Å². The number of hydrogen-bond acceptors (Lipinski definition) is 4. The van der Waals surface area contributed by atoms with Crippen LogP contribution in [0.15, 0.2) is 78.9 Å². The molecular weight excluding hydrogens is 529 g/mol. The van der Waals surface area contributed by atoms with Gasteiger partial charge in [0.05, 0.1) is 20.3 Å². The molecule has 1 saturated carbocycles. The molecule has 0 radical (unpaired) electrons. The van der Waals surface area contributed by atoms with Crippen LogP contribution in [0, 0.1) is 0 Å². The number of anilines is 1. The highest BCUT2D eigenvalue weighted by Crippen LogP contribution is 2.48. The number of halogens is 2. The lowest BCUT2D eigenvalue weighted by Crippen LogP contribution is -2.19. The van der Waals surface area contributed by atoms with Gasteiger partial charge in [-0.2, -0.15) is 0 Å². The van der Waals surface area contributed by atoms with Gasteiger partial charge in [-0.05, 0) is 65.8 Å². The second-order valence-electron chi connectivity index (χ2n) is 9.06. The van der Waals surface area contributed by atoms with Crippen molar-refractivity contribution in [3.05, 3.63) is 99.3 Å². The maximum atomic E-state index is 12.6. The van der Waals surface area contributed by atoms with E-state index in [-0.39, 0.29) is 0 Å². The zero-order valence-electron chi connectivity index (χ0n) is 19.8. The quantitative estimate of drug-likeness (QED) is 0.240. The summed E-state index contributed by atoms with van der Waals surface area (Å²) in [7, 11) is 0. The van der Waals surface area contributed by atoms with Crippen molar-refractivity contribution >= 4 is 52.3 Å². The predicted molar refractivity (Wildman–Crippen MR) is 149 cm³/mol. The lowest BCUT2D eigenvalue weighted by molar-refractivity contribution is -0.140. The van der Waals surface area contributed by atoms with Crippen molar-refractivity contribution in [3.63, 3.8) is 0 Å². The van der Waals surface area contributed by atoms with E-state index >= 15 is 0 Å². The third-order valence-electron chi connectivity index (χ3n) is 6.64. The maximum Gasteiger partial charge on any atom is 0.412 e. The lowest BCUT2D eigenvalue weighted by Gasteiger charge is -2.15. The van der Waals surface area contributed by atoms with E-state index in [1.54, 1.807) is 25.1 Å². The molecule has 4 aromatic rings. The Morgan fingerprint density at radius 1 is 0.919 bits per heavy atom. The van der Waals surface area contributed by atoms with Crippen LogP contribution in [0.2, 0.25) is 9.36 Å². The van der Waals surface area contributed by atoms with Crippen molar-refractivity contribution < 1.29 is 19.4 Å². The van der Waals surface area contributed by atoms with Crippen molar-refractivity contribution in [1.82, 2.24) is 0 Å². The number of ether oxygens (including phenoxy) is 1. The molecule has 1 aromatic heterocycles. The van der Waals surface area contributed by atoms with Gasteiger partial charge in [-0.25, -0.2) is 4.79 Å². The Bertz CT molecular complexity index is 1440. The SMILES string of the molecule is C[C@@H](OC(=O)Nc1cc(Cl)sc1-c1ccc(-c2ccc(C3(C(=O)O)CC3)cc2)cc1)c1ccc(Cl)cc1. The predicted octanol–water partition coefficient (Wildman–Crippen LogP) is 8.81. The molecule has 5 rings (SSSR count). The summed E-state index contributed by atoms with van der Waals surface area (Å²) in [5.41, 5.74) is 4.45. The lowest BCUT2D eigenvalue weighted by atomic mass is 9.93. The molecule has 0 aliphatic heterocycles. The summed E-state index contributed by atoms with van der Waals surface area (Å²) in [6.07, 6.45) is 0.336. The zero-order valence-corrected chi connectivity index (χ0v) is 22.2. The van der Waals surface area contributed by atoms with E-state index in [0.29, 0.717) is 27.9 Å². The first-order valence-electron chi connectivity index (χ1n) is 11.7. The largest absolute Gasteiger partial charge is 0.481 e. The van der Waals surface area contributed by atoms with Gasteiger partial charge >= 0.3 is 12.1 Å². The first kappa shape index (κ1) is 25.3. The minimum atomic E-state index is -0.757. The average molecular weight is 552 g/mol. The number of carboxylic acids is 1. The van der Waals surface area contributed by atoms with E-state index in [1.165, 1.54) is 11.3 Å². The summed E-state index contributed by atoms with van der Waals surface area (Å²) in [4.78, 5) is 25.0. The summed E-state index contributed by atoms with van der Waals surface area (Å²) < 4.78 is 6.09. The molecule has 0 saturated heterocycles. The number of hydrogen-bond donors (Lipinski definition) is 2. The Morgan fingerprint density at radius 2 is 1.49 bits per heavy atom. The summed E-state index contributed by atoms with van der Waals surface area (Å²) >= 11 is 13.6. The number of benzene rings is 3. The molecule has 1 aliphatic rings. The molecule has 1 amide bonds. The number of carbonyl (C=O) groups is 2. The van der Waals surface area contributed by atoms with Gasteiger partial charge in [0, 0.05) is 5.02 Å². The molecule has 0 bridgehead atoms. The van der Waals surface area contributed by atoms with Gasteiger partial charge in [0.1, 0.15) is 6.10 Å². The third kappa shape index (κ3) is 5.37. The molecular formula is C29H23Cl2NO4S. The van der Waals surface area contributed by atoms with Gasteiger partial charge in [0.15, 0.2) is 0 Å². The molecule has 1 fully saturated rings. The van der Waals surface area contributed by atoms with Crippen molar-refractivity contribution in [3.8, 4) is 21.6 Å². The number of thiophene rings is 1. The van der Waals surface area contributed by atoms with Crippen LogP contribution in [0.25, 0.3) is 21.6 Å². The van der Waals surface area contributed by atoms with E-state index < -0.39 is 23.6 Å². The number of aliphatic carboxylic acids is 1. The number of carboxylic acid groups (broad SMARTS) is 1. The Balaban J connectivity index is 1.29. The monoisotopic (exact) mass is 551 g/mol. The Morgan fingerprint density at radius 3 is 2.05 bits per heavy atom. The molecule has 188 valence electrons. The maximum absolute atomic E-state index is 12.6. The first-order valence-corrected chi connectivity index (χ1v) is 13.3. The first-order chi connectivity index (χ1) is 17.7. The number of carbonyl (C=O) groups excluding carboxylic acids is 1. The standard InChI is InChI=1S/C29H23Cl2NO4S/c1-17(18-8-12-23(30)13-9-18)36-28(35)32-24-16-25(31)37-26(24)21-4-2-19(3-5-21)20-6-10-22(11-7-20)29(14-15-29)27(33)34/h2-13,16-17H,14-15H2,1H3,(H,32,35)(H,33,34)/t17-/m1/s1. The Labute approximate surface area is 228 Å². The average Bonchev–Trinajstić information content (AvgIpc) is 3.63. The fraction of sp³-hybridized carbons (Fsp3) is 0.172. The van der Waals surface area contributed by atoms with Crippen LogP contribution in [0.1, 0.15) is 37.0 Å². The van der Waals surface area contributed by atoms with Gasteiger partial charge in [-0.3, -0.25) is 10.1 Å². The molecule has 1 atom stereocenters. The van der Waals surface area contributed by atoms with Gasteiger partial charge in [0.25, 0.3) is 0 Å². The van der Waals surface area contributed by atoms with E-state index in [0.717, 1.165) is 32.7 Å². The summed E-state index contributed by atoms with van der Waals surface area (Å²) in [6.45, 7) is 1.79. The zero-order chi connectivity index (χ0) is 26.2. The molecule has 37 heavy (non-hydrogen) atoms. The van der Waals surface area contributed by atoms with Crippen molar-refractivity contribution in [2.45, 2.75) is 31.3 Å². The number of amides is 1. The van der Waals surface area contributed by atoms with Crippen LogP contribution in [0.3, 0.4) is 0 Å². The topological polar surface area (TPSA) is 75.6 Å². The highest BCUT2D eigenvalue weighted by Gasteiger charge is 2.51. The molecule has 3 aromatic carbocycles. The van der Waals surface area contributed by atoms with Crippen molar-refractivity contribution in [1.29, 1.82) is 0 Å². The van der Waals surface area contributed by atoms with E-state index in [4.69, 9.17) is 27.9 Å². The number of rotatable bonds is 7. The molecule has 1 aliphatic carbocycles. The van der Waals surface area contributed by atoms with Crippen LogP contribution in [-0.4, -0.2) is 17.2 Å². The molecule has 0 spiro atoms.